The molecule has 0 aliphatic carbocycles. The van der Waals surface area contributed by atoms with Crippen molar-refractivity contribution in [3.05, 3.63) is 0 Å². The number of ether oxygens (including phenoxy) is 2. The molecule has 2 saturated heterocycles. The first-order chi connectivity index (χ1) is 7.15. The van der Waals surface area contributed by atoms with Crippen molar-refractivity contribution in [1.82, 2.24) is 5.32 Å². The number of fused-ring (bicyclic) bond motifs is 2. The van der Waals surface area contributed by atoms with E-state index >= 15 is 0 Å². The summed E-state index contributed by atoms with van der Waals surface area (Å²) in [7, 11) is 2.61. The molecular formula is C10H15NO4. The van der Waals surface area contributed by atoms with Gasteiger partial charge in [-0.1, -0.05) is 0 Å². The molecule has 0 aromatic rings. The number of carbonyl (C=O) groups is 2. The molecule has 2 bridgehead atoms. The summed E-state index contributed by atoms with van der Waals surface area (Å²) < 4.78 is 9.47. The summed E-state index contributed by atoms with van der Waals surface area (Å²) in [5.74, 6) is -0.955. The number of nitrogens with one attached hydrogen (secondary N) is 1. The summed E-state index contributed by atoms with van der Waals surface area (Å²) in [6.07, 6.45) is 2.34. The highest BCUT2D eigenvalue weighted by molar-refractivity contribution is 6.01. The SMILES string of the molecule is COC(=O)C1(C(=O)OC)CC2CCC1N2. The van der Waals surface area contributed by atoms with E-state index in [-0.39, 0.29) is 12.1 Å². The largest absolute Gasteiger partial charge is 0.468 e. The van der Waals surface area contributed by atoms with Crippen LogP contribution in [0.1, 0.15) is 19.3 Å². The Labute approximate surface area is 88.1 Å². The number of carbonyl (C=O) groups excluding carboxylic acids is 2. The monoisotopic (exact) mass is 213 g/mol. The molecule has 5 heteroatoms. The van der Waals surface area contributed by atoms with Gasteiger partial charge >= 0.3 is 11.9 Å². The molecule has 84 valence electrons. The van der Waals surface area contributed by atoms with Crippen LogP contribution in [0.15, 0.2) is 0 Å². The maximum Gasteiger partial charge on any atom is 0.324 e. The summed E-state index contributed by atoms with van der Waals surface area (Å²) >= 11 is 0. The zero-order chi connectivity index (χ0) is 11.1. The third kappa shape index (κ3) is 1.26. The number of methoxy groups -OCH3 is 2. The number of hydrogen-bond acceptors (Lipinski definition) is 5. The highest BCUT2D eigenvalue weighted by Crippen LogP contribution is 2.45. The number of hydrogen-bond donors (Lipinski definition) is 1. The molecule has 0 radical (unpaired) electrons. The first kappa shape index (κ1) is 10.4. The fourth-order valence-corrected chi connectivity index (χ4v) is 2.80. The van der Waals surface area contributed by atoms with Crippen molar-refractivity contribution in [1.29, 1.82) is 0 Å². The fourth-order valence-electron chi connectivity index (χ4n) is 2.80. The van der Waals surface area contributed by atoms with E-state index in [4.69, 9.17) is 9.47 Å². The third-order valence-corrected chi connectivity index (χ3v) is 3.50. The molecule has 2 unspecified atom stereocenters. The molecule has 0 aromatic carbocycles. The smallest absolute Gasteiger partial charge is 0.324 e. The summed E-state index contributed by atoms with van der Waals surface area (Å²) in [6.45, 7) is 0. The van der Waals surface area contributed by atoms with E-state index in [2.05, 4.69) is 5.32 Å². The van der Waals surface area contributed by atoms with E-state index < -0.39 is 17.4 Å². The van der Waals surface area contributed by atoms with E-state index in [1.54, 1.807) is 0 Å². The van der Waals surface area contributed by atoms with Gasteiger partial charge in [-0.05, 0) is 19.3 Å². The van der Waals surface area contributed by atoms with Gasteiger partial charge in [-0.2, -0.15) is 0 Å². The summed E-state index contributed by atoms with van der Waals surface area (Å²) in [5.41, 5.74) is -1.10. The van der Waals surface area contributed by atoms with Gasteiger partial charge in [0.2, 0.25) is 0 Å². The average molecular weight is 213 g/mol. The Morgan fingerprint density at radius 1 is 1.20 bits per heavy atom. The minimum absolute atomic E-state index is 0.123. The molecule has 0 spiro atoms. The first-order valence-electron chi connectivity index (χ1n) is 5.08. The van der Waals surface area contributed by atoms with Crippen LogP contribution in [0.25, 0.3) is 0 Å². The standard InChI is InChI=1S/C10H15NO4/c1-14-8(12)10(9(13)15-2)5-6-3-4-7(10)11-6/h6-7,11H,3-5H2,1-2H3. The zero-order valence-electron chi connectivity index (χ0n) is 8.91. The summed E-state index contributed by atoms with van der Waals surface area (Å²) in [4.78, 5) is 23.5. The van der Waals surface area contributed by atoms with Gasteiger partial charge in [0, 0.05) is 12.1 Å². The maximum atomic E-state index is 11.8. The molecule has 0 amide bonds. The van der Waals surface area contributed by atoms with Gasteiger partial charge < -0.3 is 14.8 Å². The van der Waals surface area contributed by atoms with Crippen molar-refractivity contribution in [2.75, 3.05) is 14.2 Å². The van der Waals surface area contributed by atoms with Gasteiger partial charge in [-0.15, -0.1) is 0 Å². The van der Waals surface area contributed by atoms with Gasteiger partial charge in [-0.3, -0.25) is 9.59 Å². The molecule has 0 saturated carbocycles. The second kappa shape index (κ2) is 3.48. The molecule has 2 heterocycles. The molecular weight excluding hydrogens is 198 g/mol. The molecule has 15 heavy (non-hydrogen) atoms. The van der Waals surface area contributed by atoms with Crippen LogP contribution in [0.4, 0.5) is 0 Å². The molecule has 2 rings (SSSR count). The van der Waals surface area contributed by atoms with Crippen LogP contribution < -0.4 is 5.32 Å². The Bertz CT molecular complexity index is 286. The van der Waals surface area contributed by atoms with Gasteiger partial charge in [0.25, 0.3) is 0 Å². The Morgan fingerprint density at radius 2 is 1.80 bits per heavy atom. The molecule has 1 N–H and O–H groups in total. The van der Waals surface area contributed by atoms with E-state index in [0.29, 0.717) is 6.42 Å². The summed E-state index contributed by atoms with van der Waals surface area (Å²) in [5, 5.41) is 3.25. The average Bonchev–Trinajstić information content (AvgIpc) is 2.86. The van der Waals surface area contributed by atoms with Crippen molar-refractivity contribution in [2.45, 2.75) is 31.3 Å². The fraction of sp³-hybridized carbons (Fsp3) is 0.800. The van der Waals surface area contributed by atoms with Crippen molar-refractivity contribution in [2.24, 2.45) is 5.41 Å². The van der Waals surface area contributed by atoms with Crippen molar-refractivity contribution >= 4 is 11.9 Å². The second-order valence-corrected chi connectivity index (χ2v) is 4.15. The zero-order valence-corrected chi connectivity index (χ0v) is 8.91. The lowest BCUT2D eigenvalue weighted by molar-refractivity contribution is -0.170. The first-order valence-corrected chi connectivity index (χ1v) is 5.08. The molecule has 2 atom stereocenters. The van der Waals surface area contributed by atoms with Crippen LogP contribution >= 0.6 is 0 Å². The topological polar surface area (TPSA) is 64.6 Å². The van der Waals surface area contributed by atoms with E-state index in [1.165, 1.54) is 14.2 Å². The molecule has 2 aliphatic rings. The van der Waals surface area contributed by atoms with Gasteiger partial charge in [0.15, 0.2) is 5.41 Å². The lowest BCUT2D eigenvalue weighted by Gasteiger charge is -2.30. The second-order valence-electron chi connectivity index (χ2n) is 4.15. The van der Waals surface area contributed by atoms with Crippen LogP contribution in [0.5, 0.6) is 0 Å². The van der Waals surface area contributed by atoms with Crippen LogP contribution in [-0.4, -0.2) is 38.2 Å². The van der Waals surface area contributed by atoms with Gasteiger partial charge in [0.05, 0.1) is 14.2 Å². The Balaban J connectivity index is 2.32. The molecule has 2 fully saturated rings. The predicted molar refractivity (Wildman–Crippen MR) is 51.0 cm³/mol. The van der Waals surface area contributed by atoms with Crippen LogP contribution in [-0.2, 0) is 19.1 Å². The Morgan fingerprint density at radius 3 is 2.13 bits per heavy atom. The molecule has 0 aromatic heterocycles. The highest BCUT2D eigenvalue weighted by atomic mass is 16.5. The lowest BCUT2D eigenvalue weighted by Crippen LogP contribution is -2.49. The highest BCUT2D eigenvalue weighted by Gasteiger charge is 2.62. The minimum Gasteiger partial charge on any atom is -0.468 e. The van der Waals surface area contributed by atoms with Crippen LogP contribution in [0.3, 0.4) is 0 Å². The van der Waals surface area contributed by atoms with Crippen molar-refractivity contribution < 1.29 is 19.1 Å². The third-order valence-electron chi connectivity index (χ3n) is 3.50. The quantitative estimate of drug-likeness (QED) is 0.510. The van der Waals surface area contributed by atoms with E-state index in [9.17, 15) is 9.59 Å². The maximum absolute atomic E-state index is 11.8. The number of rotatable bonds is 2. The van der Waals surface area contributed by atoms with Crippen LogP contribution in [0, 0.1) is 5.41 Å². The van der Waals surface area contributed by atoms with E-state index in [1.807, 2.05) is 0 Å². The minimum atomic E-state index is -1.10. The Hall–Kier alpha value is -1.10. The normalized spacial score (nSPS) is 31.3. The molecule has 5 nitrogen and oxygen atoms in total. The van der Waals surface area contributed by atoms with Gasteiger partial charge in [0.1, 0.15) is 0 Å². The molecule has 2 aliphatic heterocycles. The lowest BCUT2D eigenvalue weighted by atomic mass is 9.73. The van der Waals surface area contributed by atoms with E-state index in [0.717, 1.165) is 12.8 Å². The number of esters is 2. The van der Waals surface area contributed by atoms with Crippen molar-refractivity contribution in [3.8, 4) is 0 Å². The predicted octanol–water partition coefficient (Wildman–Crippen LogP) is -0.157. The van der Waals surface area contributed by atoms with Crippen molar-refractivity contribution in [3.63, 3.8) is 0 Å². The van der Waals surface area contributed by atoms with Crippen LogP contribution in [0.2, 0.25) is 0 Å². The Kier molecular flexibility index (Phi) is 2.42. The van der Waals surface area contributed by atoms with Gasteiger partial charge in [-0.25, -0.2) is 0 Å². The summed E-state index contributed by atoms with van der Waals surface area (Å²) in [6, 6.07) is 0.121.